The van der Waals surface area contributed by atoms with E-state index < -0.39 is 6.09 Å². The van der Waals surface area contributed by atoms with Gasteiger partial charge in [-0.15, -0.1) is 0 Å². The molecule has 0 atom stereocenters. The molecule has 0 saturated carbocycles. The maximum absolute atomic E-state index is 12.3. The molecule has 1 saturated heterocycles. The Labute approximate surface area is 148 Å². The van der Waals surface area contributed by atoms with E-state index in [4.69, 9.17) is 9.47 Å². The third kappa shape index (κ3) is 5.81. The van der Waals surface area contributed by atoms with E-state index in [9.17, 15) is 9.59 Å². The molecular weight excluding hydrogens is 320 g/mol. The van der Waals surface area contributed by atoms with Gasteiger partial charge in [0.25, 0.3) is 5.91 Å². The zero-order valence-electron chi connectivity index (χ0n) is 14.9. The Bertz CT molecular complexity index is 622. The van der Waals surface area contributed by atoms with Crippen LogP contribution in [0, 0.1) is 13.8 Å². The summed E-state index contributed by atoms with van der Waals surface area (Å²) in [5.74, 6) is 0.670. The van der Waals surface area contributed by atoms with Crippen molar-refractivity contribution < 1.29 is 19.1 Å². The number of nitrogens with zero attached hydrogens (tertiary/aromatic N) is 1. The molecule has 0 radical (unpaired) electrons. The third-order valence-corrected chi connectivity index (χ3v) is 4.34. The summed E-state index contributed by atoms with van der Waals surface area (Å²) in [6.45, 7) is 8.97. The summed E-state index contributed by atoms with van der Waals surface area (Å²) >= 11 is 0. The van der Waals surface area contributed by atoms with Crippen LogP contribution in [0.15, 0.2) is 30.9 Å². The topological polar surface area (TPSA) is 67.9 Å². The normalized spacial score (nSPS) is 14.7. The minimum atomic E-state index is -0.442. The molecule has 1 N–H and O–H groups in total. The number of hydrogen-bond donors (Lipinski definition) is 1. The molecular formula is C19H26N2O4. The fraction of sp³-hybridized carbons (Fsp3) is 0.474. The predicted octanol–water partition coefficient (Wildman–Crippen LogP) is 2.59. The van der Waals surface area contributed by atoms with Crippen LogP contribution in [0.1, 0.15) is 24.0 Å². The summed E-state index contributed by atoms with van der Waals surface area (Å²) in [5.41, 5.74) is 2.33. The van der Waals surface area contributed by atoms with Gasteiger partial charge in [-0.25, -0.2) is 4.79 Å². The molecule has 136 valence electrons. The van der Waals surface area contributed by atoms with Gasteiger partial charge in [-0.1, -0.05) is 18.7 Å². The van der Waals surface area contributed by atoms with Crippen LogP contribution in [0.4, 0.5) is 4.79 Å². The van der Waals surface area contributed by atoms with Gasteiger partial charge in [0, 0.05) is 19.1 Å². The molecule has 1 aliphatic heterocycles. The minimum Gasteiger partial charge on any atom is -0.484 e. The maximum Gasteiger partial charge on any atom is 0.407 e. The second-order valence-electron chi connectivity index (χ2n) is 6.22. The van der Waals surface area contributed by atoms with Crippen LogP contribution in [0.25, 0.3) is 0 Å². The molecule has 1 heterocycles. The van der Waals surface area contributed by atoms with Crippen molar-refractivity contribution in [2.45, 2.75) is 32.7 Å². The maximum atomic E-state index is 12.3. The fourth-order valence-electron chi connectivity index (χ4n) is 2.66. The lowest BCUT2D eigenvalue weighted by atomic mass is 10.1. The van der Waals surface area contributed by atoms with Crippen LogP contribution >= 0.6 is 0 Å². The van der Waals surface area contributed by atoms with Crippen LogP contribution in [0.5, 0.6) is 5.75 Å². The first-order chi connectivity index (χ1) is 12.0. The van der Waals surface area contributed by atoms with Gasteiger partial charge in [0.1, 0.15) is 12.4 Å². The lowest BCUT2D eigenvalue weighted by Crippen LogP contribution is -2.47. The molecule has 25 heavy (non-hydrogen) atoms. The van der Waals surface area contributed by atoms with E-state index in [0.717, 1.165) is 5.56 Å². The first-order valence-corrected chi connectivity index (χ1v) is 8.51. The van der Waals surface area contributed by atoms with E-state index >= 15 is 0 Å². The van der Waals surface area contributed by atoms with Gasteiger partial charge in [-0.3, -0.25) is 4.79 Å². The zero-order valence-corrected chi connectivity index (χ0v) is 14.9. The van der Waals surface area contributed by atoms with Crippen molar-refractivity contribution in [1.29, 1.82) is 0 Å². The summed E-state index contributed by atoms with van der Waals surface area (Å²) in [5, 5.41) is 2.80. The summed E-state index contributed by atoms with van der Waals surface area (Å²) in [7, 11) is 0. The number of alkyl carbamates (subject to hydrolysis) is 1. The van der Waals surface area contributed by atoms with Crippen molar-refractivity contribution in [3.8, 4) is 5.75 Å². The van der Waals surface area contributed by atoms with Gasteiger partial charge < -0.3 is 19.7 Å². The van der Waals surface area contributed by atoms with Crippen molar-refractivity contribution in [3.63, 3.8) is 0 Å². The van der Waals surface area contributed by atoms with Crippen LogP contribution < -0.4 is 10.1 Å². The Morgan fingerprint density at radius 1 is 1.28 bits per heavy atom. The molecule has 1 aromatic rings. The average molecular weight is 346 g/mol. The lowest BCUT2D eigenvalue weighted by molar-refractivity contribution is -0.134. The Balaban J connectivity index is 1.72. The highest BCUT2D eigenvalue weighted by atomic mass is 16.5. The van der Waals surface area contributed by atoms with Crippen molar-refractivity contribution in [2.24, 2.45) is 0 Å². The van der Waals surface area contributed by atoms with E-state index in [2.05, 4.69) is 11.9 Å². The second-order valence-corrected chi connectivity index (χ2v) is 6.22. The molecule has 6 nitrogen and oxygen atoms in total. The summed E-state index contributed by atoms with van der Waals surface area (Å²) in [6, 6.07) is 5.83. The number of amides is 2. The number of piperidine rings is 1. The van der Waals surface area contributed by atoms with Gasteiger partial charge in [-0.05, 0) is 49.9 Å². The Morgan fingerprint density at radius 3 is 2.64 bits per heavy atom. The molecule has 0 aromatic heterocycles. The van der Waals surface area contributed by atoms with Gasteiger partial charge >= 0.3 is 6.09 Å². The molecule has 1 aliphatic rings. The van der Waals surface area contributed by atoms with Crippen LogP contribution in [-0.2, 0) is 9.53 Å². The standard InChI is InChI=1S/C19H26N2O4/c1-4-11-24-19(23)20-16-7-9-21(10-8-16)18(22)13-25-17-6-5-14(2)15(3)12-17/h4-6,12,16H,1,7-11,13H2,2-3H3,(H,20,23). The highest BCUT2D eigenvalue weighted by Gasteiger charge is 2.24. The Morgan fingerprint density at radius 2 is 2.00 bits per heavy atom. The first-order valence-electron chi connectivity index (χ1n) is 8.51. The molecule has 2 amide bonds. The number of rotatable bonds is 6. The van der Waals surface area contributed by atoms with Gasteiger partial charge in [-0.2, -0.15) is 0 Å². The van der Waals surface area contributed by atoms with E-state index in [-0.39, 0.29) is 25.2 Å². The summed E-state index contributed by atoms with van der Waals surface area (Å²) in [4.78, 5) is 25.6. The van der Waals surface area contributed by atoms with E-state index in [0.29, 0.717) is 31.7 Å². The molecule has 1 aromatic carbocycles. The largest absolute Gasteiger partial charge is 0.484 e. The smallest absolute Gasteiger partial charge is 0.407 e. The molecule has 2 rings (SSSR count). The quantitative estimate of drug-likeness (QED) is 0.804. The highest BCUT2D eigenvalue weighted by molar-refractivity contribution is 5.78. The molecule has 0 aliphatic carbocycles. The number of nitrogens with one attached hydrogen (secondary N) is 1. The second kappa shape index (κ2) is 9.11. The van der Waals surface area contributed by atoms with E-state index in [1.165, 1.54) is 11.6 Å². The fourth-order valence-corrected chi connectivity index (χ4v) is 2.66. The molecule has 6 heteroatoms. The van der Waals surface area contributed by atoms with Gasteiger partial charge in [0.2, 0.25) is 0 Å². The number of likely N-dealkylation sites (tertiary alicyclic amines) is 1. The van der Waals surface area contributed by atoms with Crippen LogP contribution in [0.3, 0.4) is 0 Å². The highest BCUT2D eigenvalue weighted by Crippen LogP contribution is 2.17. The van der Waals surface area contributed by atoms with E-state index in [1.54, 1.807) is 4.90 Å². The number of hydrogen-bond acceptors (Lipinski definition) is 4. The average Bonchev–Trinajstić information content (AvgIpc) is 2.61. The number of ether oxygens (including phenoxy) is 2. The summed E-state index contributed by atoms with van der Waals surface area (Å²) < 4.78 is 10.5. The number of carbonyl (C=O) groups is 2. The van der Waals surface area contributed by atoms with Crippen molar-refractivity contribution >= 4 is 12.0 Å². The van der Waals surface area contributed by atoms with Crippen molar-refractivity contribution in [3.05, 3.63) is 42.0 Å². The number of benzene rings is 1. The van der Waals surface area contributed by atoms with Gasteiger partial charge in [0.15, 0.2) is 6.61 Å². The van der Waals surface area contributed by atoms with Crippen LogP contribution in [0.2, 0.25) is 0 Å². The lowest BCUT2D eigenvalue weighted by Gasteiger charge is -2.32. The monoisotopic (exact) mass is 346 g/mol. The Kier molecular flexibility index (Phi) is 6.86. The van der Waals surface area contributed by atoms with E-state index in [1.807, 2.05) is 32.0 Å². The predicted molar refractivity (Wildman–Crippen MR) is 95.7 cm³/mol. The van der Waals surface area contributed by atoms with Gasteiger partial charge in [0.05, 0.1) is 0 Å². The minimum absolute atomic E-state index is 0.0297. The first kappa shape index (κ1) is 18.8. The van der Waals surface area contributed by atoms with Crippen LogP contribution in [-0.4, -0.2) is 49.2 Å². The third-order valence-electron chi connectivity index (χ3n) is 4.34. The molecule has 0 spiro atoms. The molecule has 0 unspecified atom stereocenters. The SMILES string of the molecule is C=CCOC(=O)NC1CCN(C(=O)COc2ccc(C)c(C)c2)CC1. The zero-order chi connectivity index (χ0) is 18.2. The summed E-state index contributed by atoms with van der Waals surface area (Å²) in [6.07, 6.45) is 2.50. The number of carbonyl (C=O) groups excluding carboxylic acids is 2. The number of aryl methyl sites for hydroxylation is 2. The molecule has 1 fully saturated rings. The Hall–Kier alpha value is -2.50. The van der Waals surface area contributed by atoms with Crippen molar-refractivity contribution in [2.75, 3.05) is 26.3 Å². The van der Waals surface area contributed by atoms with Crippen molar-refractivity contribution in [1.82, 2.24) is 10.2 Å². The molecule has 0 bridgehead atoms.